The number of hydrogen-bond donors (Lipinski definition) is 2. The van der Waals surface area contributed by atoms with Crippen LogP contribution in [0.15, 0.2) is 5.16 Å². The first kappa shape index (κ1) is 14.9. The summed E-state index contributed by atoms with van der Waals surface area (Å²) in [4.78, 5) is 11.4. The molecular formula is C10H17N5OS2. The molecule has 0 saturated carbocycles. The van der Waals surface area contributed by atoms with Crippen molar-refractivity contribution in [3.05, 3.63) is 5.82 Å². The topological polar surface area (TPSA) is 71.8 Å². The van der Waals surface area contributed by atoms with Gasteiger partial charge in [-0.3, -0.25) is 10.2 Å². The smallest absolute Gasteiger partial charge is 0.226 e. The van der Waals surface area contributed by atoms with E-state index in [0.29, 0.717) is 12.2 Å². The fourth-order valence-corrected chi connectivity index (χ4v) is 2.11. The van der Waals surface area contributed by atoms with Crippen LogP contribution in [0.5, 0.6) is 0 Å². The minimum atomic E-state index is -0.0922. The van der Waals surface area contributed by atoms with Gasteiger partial charge in [0.2, 0.25) is 11.1 Å². The number of thioether (sulfide) groups is 1. The van der Waals surface area contributed by atoms with E-state index in [-0.39, 0.29) is 11.0 Å². The maximum atomic E-state index is 11.4. The number of amides is 1. The van der Waals surface area contributed by atoms with Gasteiger partial charge < -0.3 is 5.32 Å². The molecule has 2 N–H and O–H groups in total. The summed E-state index contributed by atoms with van der Waals surface area (Å²) in [7, 11) is 0. The molecule has 6 nitrogen and oxygen atoms in total. The monoisotopic (exact) mass is 287 g/mol. The summed E-state index contributed by atoms with van der Waals surface area (Å²) in [5.41, 5.74) is 2.90. The molecule has 0 spiro atoms. The lowest BCUT2D eigenvalue weighted by Gasteiger charge is -2.12. The van der Waals surface area contributed by atoms with Crippen LogP contribution in [0.2, 0.25) is 0 Å². The molecule has 0 unspecified atom stereocenters. The predicted molar refractivity (Wildman–Crippen MR) is 76.2 cm³/mol. The molecule has 18 heavy (non-hydrogen) atoms. The number of aryl methyl sites for hydroxylation is 1. The zero-order valence-corrected chi connectivity index (χ0v) is 12.3. The van der Waals surface area contributed by atoms with E-state index in [0.717, 1.165) is 17.3 Å². The van der Waals surface area contributed by atoms with E-state index >= 15 is 0 Å². The van der Waals surface area contributed by atoms with Crippen molar-refractivity contribution in [1.29, 1.82) is 0 Å². The molecule has 0 radical (unpaired) electrons. The Kier molecular flexibility index (Phi) is 6.06. The average Bonchev–Trinajstić information content (AvgIpc) is 2.62. The fraction of sp³-hybridized carbons (Fsp3) is 0.600. The molecule has 0 atom stereocenters. The quantitative estimate of drug-likeness (QED) is 0.631. The molecule has 1 aromatic rings. The lowest BCUT2D eigenvalue weighted by molar-refractivity contribution is -0.119. The molecule has 0 saturated heterocycles. The van der Waals surface area contributed by atoms with E-state index in [4.69, 9.17) is 12.2 Å². The third-order valence-corrected chi connectivity index (χ3v) is 3.02. The average molecular weight is 287 g/mol. The van der Waals surface area contributed by atoms with Gasteiger partial charge in [-0.15, -0.1) is 10.2 Å². The molecule has 100 valence electrons. The second kappa shape index (κ2) is 7.32. The van der Waals surface area contributed by atoms with Gasteiger partial charge in [0.25, 0.3) is 0 Å². The molecule has 1 aromatic heterocycles. The predicted octanol–water partition coefficient (Wildman–Crippen LogP) is 1.44. The van der Waals surface area contributed by atoms with Gasteiger partial charge in [-0.05, 0) is 31.3 Å². The molecule has 0 fully saturated rings. The highest BCUT2D eigenvalue weighted by molar-refractivity contribution is 7.99. The summed E-state index contributed by atoms with van der Waals surface area (Å²) >= 11 is 6.62. The molecule has 1 heterocycles. The molecule has 0 aliphatic rings. The standard InChI is InChI=1S/C10H17N5OS2/c1-4-6-8(16)11-9(17)14-15-7(3)12-13-10(15)18-5-2/h4-6H2,1-3H3,(H2,11,14,16,17). The number of carbonyl (C=O) groups is 1. The Morgan fingerprint density at radius 3 is 2.78 bits per heavy atom. The Morgan fingerprint density at radius 2 is 2.17 bits per heavy atom. The summed E-state index contributed by atoms with van der Waals surface area (Å²) in [6.45, 7) is 5.78. The van der Waals surface area contributed by atoms with Crippen LogP contribution in [0.3, 0.4) is 0 Å². The first-order valence-electron chi connectivity index (χ1n) is 5.74. The number of carbonyl (C=O) groups excluding carboxylic acids is 1. The Morgan fingerprint density at radius 1 is 1.44 bits per heavy atom. The van der Waals surface area contributed by atoms with Crippen LogP contribution in [0.1, 0.15) is 32.5 Å². The molecule has 0 aromatic carbocycles. The van der Waals surface area contributed by atoms with Gasteiger partial charge in [0.15, 0.2) is 5.11 Å². The molecule has 0 bridgehead atoms. The van der Waals surface area contributed by atoms with Gasteiger partial charge >= 0.3 is 0 Å². The number of thiocarbonyl (C=S) groups is 1. The van der Waals surface area contributed by atoms with Crippen LogP contribution in [0.25, 0.3) is 0 Å². The lowest BCUT2D eigenvalue weighted by Crippen LogP contribution is -2.38. The van der Waals surface area contributed by atoms with Gasteiger partial charge in [0.05, 0.1) is 0 Å². The van der Waals surface area contributed by atoms with Crippen LogP contribution in [-0.2, 0) is 4.79 Å². The van der Waals surface area contributed by atoms with Gasteiger partial charge in [-0.2, -0.15) is 0 Å². The van der Waals surface area contributed by atoms with E-state index in [1.165, 1.54) is 0 Å². The normalized spacial score (nSPS) is 10.2. The maximum absolute atomic E-state index is 11.4. The van der Waals surface area contributed by atoms with E-state index in [1.54, 1.807) is 16.4 Å². The number of rotatable bonds is 5. The number of nitrogens with zero attached hydrogens (tertiary/aromatic N) is 3. The number of nitrogens with one attached hydrogen (secondary N) is 2. The molecule has 1 rings (SSSR count). The summed E-state index contributed by atoms with van der Waals surface area (Å²) in [6.07, 6.45) is 1.25. The van der Waals surface area contributed by atoms with E-state index in [9.17, 15) is 4.79 Å². The molecular weight excluding hydrogens is 270 g/mol. The van der Waals surface area contributed by atoms with Crippen LogP contribution < -0.4 is 10.7 Å². The SMILES string of the molecule is CCCC(=O)NC(=S)Nn1c(C)nnc1SCC. The van der Waals surface area contributed by atoms with E-state index < -0.39 is 0 Å². The second-order valence-corrected chi connectivity index (χ2v) is 5.18. The third kappa shape index (κ3) is 4.26. The van der Waals surface area contributed by atoms with Crippen LogP contribution in [-0.4, -0.2) is 31.6 Å². The minimum Gasteiger partial charge on any atom is -0.302 e. The highest BCUT2D eigenvalue weighted by atomic mass is 32.2. The highest BCUT2D eigenvalue weighted by Gasteiger charge is 2.10. The molecule has 0 aliphatic heterocycles. The summed E-state index contributed by atoms with van der Waals surface area (Å²) in [6, 6.07) is 0. The Hall–Kier alpha value is -1.15. The van der Waals surface area contributed by atoms with Crippen LogP contribution >= 0.6 is 24.0 Å². The summed E-state index contributed by atoms with van der Waals surface area (Å²) in [5.74, 6) is 1.48. The molecule has 1 amide bonds. The number of aromatic nitrogens is 3. The van der Waals surface area contributed by atoms with Crippen molar-refractivity contribution in [3.63, 3.8) is 0 Å². The largest absolute Gasteiger partial charge is 0.302 e. The fourth-order valence-electron chi connectivity index (χ4n) is 1.24. The first-order chi connectivity index (χ1) is 8.58. The number of hydrogen-bond acceptors (Lipinski definition) is 5. The van der Waals surface area contributed by atoms with Crippen molar-refractivity contribution < 1.29 is 4.79 Å². The maximum Gasteiger partial charge on any atom is 0.226 e. The van der Waals surface area contributed by atoms with Crippen molar-refractivity contribution in [1.82, 2.24) is 20.2 Å². The highest BCUT2D eigenvalue weighted by Crippen LogP contribution is 2.14. The molecule has 0 aliphatic carbocycles. The summed E-state index contributed by atoms with van der Waals surface area (Å²) < 4.78 is 1.67. The first-order valence-corrected chi connectivity index (χ1v) is 7.13. The Bertz CT molecular complexity index is 432. The minimum absolute atomic E-state index is 0.0922. The van der Waals surface area contributed by atoms with Gasteiger partial charge in [-0.25, -0.2) is 4.68 Å². The van der Waals surface area contributed by atoms with Gasteiger partial charge in [0.1, 0.15) is 5.82 Å². The van der Waals surface area contributed by atoms with Crippen molar-refractivity contribution >= 4 is 35.0 Å². The van der Waals surface area contributed by atoms with E-state index in [2.05, 4.69) is 20.9 Å². The van der Waals surface area contributed by atoms with Crippen molar-refractivity contribution in [3.8, 4) is 0 Å². The van der Waals surface area contributed by atoms with Gasteiger partial charge in [-0.1, -0.05) is 25.6 Å². The van der Waals surface area contributed by atoms with Crippen molar-refractivity contribution in [2.75, 3.05) is 11.2 Å². The Balaban J connectivity index is 2.63. The zero-order valence-electron chi connectivity index (χ0n) is 10.7. The van der Waals surface area contributed by atoms with Crippen LogP contribution in [0.4, 0.5) is 0 Å². The van der Waals surface area contributed by atoms with Crippen molar-refractivity contribution in [2.24, 2.45) is 0 Å². The second-order valence-electron chi connectivity index (χ2n) is 3.54. The summed E-state index contributed by atoms with van der Waals surface area (Å²) in [5, 5.41) is 11.6. The van der Waals surface area contributed by atoms with Crippen molar-refractivity contribution in [2.45, 2.75) is 38.8 Å². The Labute approximate surface area is 116 Å². The zero-order chi connectivity index (χ0) is 13.5. The lowest BCUT2D eigenvalue weighted by atomic mass is 10.3. The third-order valence-electron chi connectivity index (χ3n) is 2.01. The molecule has 8 heteroatoms. The van der Waals surface area contributed by atoms with Gasteiger partial charge in [0, 0.05) is 6.42 Å². The van der Waals surface area contributed by atoms with Crippen LogP contribution in [0, 0.1) is 6.92 Å². The van der Waals surface area contributed by atoms with E-state index in [1.807, 2.05) is 20.8 Å².